The Labute approximate surface area is 156 Å². The summed E-state index contributed by atoms with van der Waals surface area (Å²) in [4.78, 5) is 14.1. The summed E-state index contributed by atoms with van der Waals surface area (Å²) in [5.74, 6) is -0.484. The molecule has 7 heteroatoms. The number of nitrogens with zero attached hydrogens (tertiary/aromatic N) is 1. The summed E-state index contributed by atoms with van der Waals surface area (Å²) in [6.45, 7) is 0.779. The predicted octanol–water partition coefficient (Wildman–Crippen LogP) is 3.38. The maximum Gasteiger partial charge on any atom is 0.260 e. The van der Waals surface area contributed by atoms with Crippen LogP contribution >= 0.6 is 0 Å². The van der Waals surface area contributed by atoms with Crippen molar-refractivity contribution in [1.82, 2.24) is 4.90 Å². The zero-order chi connectivity index (χ0) is 19.4. The molecule has 1 amide bonds. The van der Waals surface area contributed by atoms with Gasteiger partial charge in [-0.3, -0.25) is 4.79 Å². The molecule has 5 nitrogen and oxygen atoms in total. The standard InChI is InChI=1S/C20H21F2NO4/c1-25-18-5-3-4-15(20(18)26-2)13-8-9-23(11-13)19(24)12-27-17-7-6-14(21)10-16(17)22/h3-7,10,13H,8-9,11-12H2,1-2H3. The van der Waals surface area contributed by atoms with Gasteiger partial charge in [0, 0.05) is 30.6 Å². The fraction of sp³-hybridized carbons (Fsp3) is 0.350. The largest absolute Gasteiger partial charge is 0.493 e. The van der Waals surface area contributed by atoms with Crippen molar-refractivity contribution in [3.05, 3.63) is 53.6 Å². The lowest BCUT2D eigenvalue weighted by Crippen LogP contribution is -2.33. The molecular weight excluding hydrogens is 356 g/mol. The third kappa shape index (κ3) is 4.13. The molecular formula is C20H21F2NO4. The number of benzene rings is 2. The Morgan fingerprint density at radius 1 is 1.15 bits per heavy atom. The van der Waals surface area contributed by atoms with Gasteiger partial charge in [0.05, 0.1) is 14.2 Å². The van der Waals surface area contributed by atoms with Crippen molar-refractivity contribution < 1.29 is 27.8 Å². The Morgan fingerprint density at radius 2 is 1.96 bits per heavy atom. The second kappa shape index (κ2) is 8.24. The van der Waals surface area contributed by atoms with Crippen LogP contribution in [0.5, 0.6) is 17.2 Å². The first-order valence-corrected chi connectivity index (χ1v) is 8.60. The second-order valence-corrected chi connectivity index (χ2v) is 6.27. The summed E-state index contributed by atoms with van der Waals surface area (Å²) in [5.41, 5.74) is 0.984. The van der Waals surface area contributed by atoms with Crippen molar-refractivity contribution in [1.29, 1.82) is 0 Å². The van der Waals surface area contributed by atoms with E-state index in [2.05, 4.69) is 0 Å². The molecule has 144 valence electrons. The van der Waals surface area contributed by atoms with E-state index >= 15 is 0 Å². The van der Waals surface area contributed by atoms with Crippen molar-refractivity contribution >= 4 is 5.91 Å². The zero-order valence-electron chi connectivity index (χ0n) is 15.2. The number of rotatable bonds is 6. The number of ether oxygens (including phenoxy) is 3. The summed E-state index contributed by atoms with van der Waals surface area (Å²) in [6.07, 6.45) is 0.778. The van der Waals surface area contributed by atoms with Crippen molar-refractivity contribution in [3.63, 3.8) is 0 Å². The monoisotopic (exact) mass is 377 g/mol. The van der Waals surface area contributed by atoms with Gasteiger partial charge in [-0.2, -0.15) is 0 Å². The molecule has 0 N–H and O–H groups in total. The second-order valence-electron chi connectivity index (χ2n) is 6.27. The number of methoxy groups -OCH3 is 2. The quantitative estimate of drug-likeness (QED) is 0.774. The van der Waals surface area contributed by atoms with E-state index in [-0.39, 0.29) is 24.2 Å². The molecule has 0 aliphatic carbocycles. The zero-order valence-corrected chi connectivity index (χ0v) is 15.2. The lowest BCUT2D eigenvalue weighted by atomic mass is 9.97. The normalized spacial score (nSPS) is 16.3. The van der Waals surface area contributed by atoms with Gasteiger partial charge in [0.15, 0.2) is 29.7 Å². The lowest BCUT2D eigenvalue weighted by Gasteiger charge is -2.19. The maximum atomic E-state index is 13.6. The first kappa shape index (κ1) is 18.9. The van der Waals surface area contributed by atoms with Gasteiger partial charge in [-0.1, -0.05) is 12.1 Å². The molecule has 0 bridgehead atoms. The smallest absolute Gasteiger partial charge is 0.260 e. The number of para-hydroxylation sites is 1. The molecule has 2 aromatic carbocycles. The lowest BCUT2D eigenvalue weighted by molar-refractivity contribution is -0.132. The van der Waals surface area contributed by atoms with Crippen LogP contribution in [0.4, 0.5) is 8.78 Å². The molecule has 0 radical (unpaired) electrons. The number of amides is 1. The van der Waals surface area contributed by atoms with Gasteiger partial charge in [0.1, 0.15) is 5.82 Å². The summed E-state index contributed by atoms with van der Waals surface area (Å²) in [6, 6.07) is 8.66. The summed E-state index contributed by atoms with van der Waals surface area (Å²) >= 11 is 0. The number of carbonyl (C=O) groups excluding carboxylic acids is 1. The minimum Gasteiger partial charge on any atom is -0.493 e. The first-order chi connectivity index (χ1) is 13.0. The number of hydrogen-bond acceptors (Lipinski definition) is 4. The minimum atomic E-state index is -0.830. The number of halogens is 2. The van der Waals surface area contributed by atoms with E-state index < -0.39 is 11.6 Å². The Morgan fingerprint density at radius 3 is 2.67 bits per heavy atom. The molecule has 27 heavy (non-hydrogen) atoms. The molecule has 3 rings (SSSR count). The molecule has 1 aliphatic rings. The van der Waals surface area contributed by atoms with Crippen molar-refractivity contribution in [2.45, 2.75) is 12.3 Å². The van der Waals surface area contributed by atoms with Crippen LogP contribution in [0.2, 0.25) is 0 Å². The van der Waals surface area contributed by atoms with Crippen LogP contribution < -0.4 is 14.2 Å². The topological polar surface area (TPSA) is 48.0 Å². The van der Waals surface area contributed by atoms with Crippen LogP contribution in [-0.4, -0.2) is 44.7 Å². The first-order valence-electron chi connectivity index (χ1n) is 8.60. The van der Waals surface area contributed by atoms with Gasteiger partial charge < -0.3 is 19.1 Å². The van der Waals surface area contributed by atoms with Crippen molar-refractivity contribution in [2.75, 3.05) is 33.9 Å². The Balaban J connectivity index is 1.63. The van der Waals surface area contributed by atoms with Gasteiger partial charge in [0.2, 0.25) is 0 Å². The van der Waals surface area contributed by atoms with E-state index in [0.29, 0.717) is 24.6 Å². The van der Waals surface area contributed by atoms with E-state index in [9.17, 15) is 13.6 Å². The minimum absolute atomic E-state index is 0.113. The van der Waals surface area contributed by atoms with E-state index in [1.165, 1.54) is 6.07 Å². The van der Waals surface area contributed by atoms with Gasteiger partial charge in [-0.15, -0.1) is 0 Å². The highest BCUT2D eigenvalue weighted by atomic mass is 19.1. The van der Waals surface area contributed by atoms with Gasteiger partial charge in [-0.25, -0.2) is 8.78 Å². The molecule has 1 aliphatic heterocycles. The molecule has 0 spiro atoms. The molecule has 1 saturated heterocycles. The fourth-order valence-electron chi connectivity index (χ4n) is 3.30. The third-order valence-corrected chi connectivity index (χ3v) is 4.66. The highest BCUT2D eigenvalue weighted by Gasteiger charge is 2.30. The summed E-state index contributed by atoms with van der Waals surface area (Å²) in [7, 11) is 3.17. The SMILES string of the molecule is COc1cccc(C2CCN(C(=O)COc3ccc(F)cc3F)C2)c1OC. The highest BCUT2D eigenvalue weighted by Crippen LogP contribution is 2.39. The van der Waals surface area contributed by atoms with Crippen LogP contribution in [0.25, 0.3) is 0 Å². The van der Waals surface area contributed by atoms with Gasteiger partial charge >= 0.3 is 0 Å². The molecule has 1 atom stereocenters. The number of carbonyl (C=O) groups is 1. The number of likely N-dealkylation sites (tertiary alicyclic amines) is 1. The van der Waals surface area contributed by atoms with Crippen LogP contribution in [0.1, 0.15) is 17.9 Å². The van der Waals surface area contributed by atoms with Crippen LogP contribution in [-0.2, 0) is 4.79 Å². The summed E-state index contributed by atoms with van der Waals surface area (Å²) < 4.78 is 42.5. The third-order valence-electron chi connectivity index (χ3n) is 4.66. The van der Waals surface area contributed by atoms with Crippen LogP contribution in [0.15, 0.2) is 36.4 Å². The molecule has 1 unspecified atom stereocenters. The average molecular weight is 377 g/mol. The average Bonchev–Trinajstić information content (AvgIpc) is 3.16. The Kier molecular flexibility index (Phi) is 5.78. The number of hydrogen-bond donors (Lipinski definition) is 0. The van der Waals surface area contributed by atoms with Crippen LogP contribution in [0.3, 0.4) is 0 Å². The highest BCUT2D eigenvalue weighted by molar-refractivity contribution is 5.78. The Bertz CT molecular complexity index is 828. The van der Waals surface area contributed by atoms with Crippen molar-refractivity contribution in [2.24, 2.45) is 0 Å². The molecule has 0 saturated carbocycles. The van der Waals surface area contributed by atoms with Gasteiger partial charge in [0.25, 0.3) is 5.91 Å². The maximum absolute atomic E-state index is 13.6. The molecule has 1 heterocycles. The molecule has 1 fully saturated rings. The fourth-order valence-corrected chi connectivity index (χ4v) is 3.30. The van der Waals surface area contributed by atoms with E-state index in [4.69, 9.17) is 14.2 Å². The van der Waals surface area contributed by atoms with Gasteiger partial charge in [-0.05, 0) is 24.6 Å². The van der Waals surface area contributed by atoms with E-state index in [0.717, 1.165) is 24.1 Å². The van der Waals surface area contributed by atoms with Crippen molar-refractivity contribution in [3.8, 4) is 17.2 Å². The predicted molar refractivity (Wildman–Crippen MR) is 95.3 cm³/mol. The van der Waals surface area contributed by atoms with Crippen LogP contribution in [0, 0.1) is 11.6 Å². The molecule has 0 aromatic heterocycles. The van der Waals surface area contributed by atoms with E-state index in [1.807, 2.05) is 18.2 Å². The summed E-state index contributed by atoms with van der Waals surface area (Å²) in [5, 5.41) is 0. The Hall–Kier alpha value is -2.83. The molecule has 2 aromatic rings. The van der Waals surface area contributed by atoms with E-state index in [1.54, 1.807) is 19.1 Å².